The van der Waals surface area contributed by atoms with Gasteiger partial charge >= 0.3 is 6.18 Å². The van der Waals surface area contributed by atoms with E-state index in [4.69, 9.17) is 12.2 Å². The fraction of sp³-hybridized carbons (Fsp3) is 0.188. The van der Waals surface area contributed by atoms with E-state index < -0.39 is 11.7 Å². The highest BCUT2D eigenvalue weighted by atomic mass is 32.1. The molecule has 23 heavy (non-hydrogen) atoms. The summed E-state index contributed by atoms with van der Waals surface area (Å²) in [6.45, 7) is 0.526. The molecule has 2 aromatic carbocycles. The lowest BCUT2D eigenvalue weighted by Crippen LogP contribution is -2.30. The van der Waals surface area contributed by atoms with Crippen LogP contribution < -0.4 is 10.6 Å². The average molecular weight is 342 g/mol. The smallest absolute Gasteiger partial charge is 0.362 e. The molecule has 0 amide bonds. The molecule has 0 unspecified atom stereocenters. The monoisotopic (exact) mass is 342 g/mol. The summed E-state index contributed by atoms with van der Waals surface area (Å²) in [6.07, 6.45) is -3.71. The minimum absolute atomic E-state index is 0.291. The van der Waals surface area contributed by atoms with Crippen molar-refractivity contribution in [2.75, 3.05) is 11.9 Å². The third kappa shape index (κ3) is 5.52. The molecule has 2 rings (SSSR count). The van der Waals surface area contributed by atoms with E-state index in [0.29, 0.717) is 23.8 Å². The topological polar surface area (TPSA) is 24.1 Å². The van der Waals surface area contributed by atoms with Crippen molar-refractivity contribution < 1.29 is 17.6 Å². The number of rotatable bonds is 4. The zero-order valence-electron chi connectivity index (χ0n) is 12.0. The Hall–Kier alpha value is -2.15. The highest BCUT2D eigenvalue weighted by Gasteiger charge is 2.29. The highest BCUT2D eigenvalue weighted by Crippen LogP contribution is 2.29. The minimum atomic E-state index is -4.35. The lowest BCUT2D eigenvalue weighted by Gasteiger charge is -2.12. The standard InChI is InChI=1S/C16H14F4N2S/c17-13-5-1-11(2-6-13)9-10-21-15(23)22-14-7-3-12(4-8-14)16(18,19)20/h1-8H,9-10H2,(H2,21,22,23). The van der Waals surface area contributed by atoms with E-state index in [1.165, 1.54) is 24.3 Å². The van der Waals surface area contributed by atoms with Crippen LogP contribution in [-0.2, 0) is 12.6 Å². The van der Waals surface area contributed by atoms with E-state index in [1.807, 2.05) is 0 Å². The second-order valence-corrected chi connectivity index (χ2v) is 5.24. The number of alkyl halides is 3. The van der Waals surface area contributed by atoms with Gasteiger partial charge in [0, 0.05) is 12.2 Å². The van der Waals surface area contributed by atoms with Crippen molar-refractivity contribution in [2.24, 2.45) is 0 Å². The Morgan fingerprint density at radius 3 is 2.13 bits per heavy atom. The molecule has 122 valence electrons. The zero-order valence-corrected chi connectivity index (χ0v) is 12.8. The molecule has 0 radical (unpaired) electrons. The van der Waals surface area contributed by atoms with Gasteiger partial charge in [-0.2, -0.15) is 13.2 Å². The second-order valence-electron chi connectivity index (χ2n) is 4.83. The second kappa shape index (κ2) is 7.41. The first-order chi connectivity index (χ1) is 10.8. The van der Waals surface area contributed by atoms with Gasteiger partial charge in [0.15, 0.2) is 5.11 Å². The predicted molar refractivity (Wildman–Crippen MR) is 85.8 cm³/mol. The molecule has 0 bridgehead atoms. The number of anilines is 1. The molecule has 2 nitrogen and oxygen atoms in total. The number of halogens is 4. The van der Waals surface area contributed by atoms with Crippen LogP contribution in [0.3, 0.4) is 0 Å². The van der Waals surface area contributed by atoms with Crippen molar-refractivity contribution in [3.05, 3.63) is 65.5 Å². The van der Waals surface area contributed by atoms with Crippen LogP contribution >= 0.6 is 12.2 Å². The van der Waals surface area contributed by atoms with Crippen LogP contribution in [0.2, 0.25) is 0 Å². The van der Waals surface area contributed by atoms with Crippen LogP contribution in [0.5, 0.6) is 0 Å². The Labute approximate surface area is 136 Å². The van der Waals surface area contributed by atoms with Gasteiger partial charge in [-0.25, -0.2) is 4.39 Å². The van der Waals surface area contributed by atoms with Crippen molar-refractivity contribution in [1.29, 1.82) is 0 Å². The Kier molecular flexibility index (Phi) is 5.54. The molecule has 0 heterocycles. The fourth-order valence-corrected chi connectivity index (χ4v) is 2.11. The van der Waals surface area contributed by atoms with Crippen LogP contribution in [0.15, 0.2) is 48.5 Å². The molecule has 0 aromatic heterocycles. The predicted octanol–water partition coefficient (Wildman–Crippen LogP) is 4.37. The quantitative estimate of drug-likeness (QED) is 0.637. The first-order valence-electron chi connectivity index (χ1n) is 6.81. The van der Waals surface area contributed by atoms with Crippen molar-refractivity contribution in [2.45, 2.75) is 12.6 Å². The van der Waals surface area contributed by atoms with Gasteiger partial charge in [0.05, 0.1) is 5.56 Å². The van der Waals surface area contributed by atoms with E-state index in [0.717, 1.165) is 17.7 Å². The number of benzene rings is 2. The molecule has 0 atom stereocenters. The van der Waals surface area contributed by atoms with Crippen LogP contribution in [0, 0.1) is 5.82 Å². The molecule has 2 N–H and O–H groups in total. The maximum atomic E-state index is 12.8. The van der Waals surface area contributed by atoms with Gasteiger partial charge in [0.2, 0.25) is 0 Å². The van der Waals surface area contributed by atoms with Crippen LogP contribution in [-0.4, -0.2) is 11.7 Å². The summed E-state index contributed by atoms with van der Waals surface area (Å²) in [4.78, 5) is 0. The molecule has 0 spiro atoms. The van der Waals surface area contributed by atoms with E-state index in [9.17, 15) is 17.6 Å². The third-order valence-corrected chi connectivity index (χ3v) is 3.33. The fourth-order valence-electron chi connectivity index (χ4n) is 1.89. The van der Waals surface area contributed by atoms with Crippen LogP contribution in [0.4, 0.5) is 23.2 Å². The molecule has 0 aliphatic rings. The van der Waals surface area contributed by atoms with Crippen molar-refractivity contribution in [3.63, 3.8) is 0 Å². The maximum absolute atomic E-state index is 12.8. The van der Waals surface area contributed by atoms with E-state index >= 15 is 0 Å². The SMILES string of the molecule is Fc1ccc(CCNC(=S)Nc2ccc(C(F)(F)F)cc2)cc1. The Morgan fingerprint density at radius 1 is 0.957 bits per heavy atom. The van der Waals surface area contributed by atoms with Gasteiger partial charge in [-0.15, -0.1) is 0 Å². The van der Waals surface area contributed by atoms with E-state index in [2.05, 4.69) is 10.6 Å². The Morgan fingerprint density at radius 2 is 1.57 bits per heavy atom. The highest BCUT2D eigenvalue weighted by molar-refractivity contribution is 7.80. The van der Waals surface area contributed by atoms with Gasteiger partial charge in [-0.3, -0.25) is 0 Å². The lowest BCUT2D eigenvalue weighted by atomic mass is 10.1. The van der Waals surface area contributed by atoms with E-state index in [-0.39, 0.29) is 5.82 Å². The zero-order chi connectivity index (χ0) is 16.9. The molecule has 0 saturated carbocycles. The molecule has 7 heteroatoms. The molecule has 0 aliphatic carbocycles. The van der Waals surface area contributed by atoms with Crippen LogP contribution in [0.25, 0.3) is 0 Å². The molecule has 0 saturated heterocycles. The lowest BCUT2D eigenvalue weighted by molar-refractivity contribution is -0.137. The molecule has 0 aliphatic heterocycles. The average Bonchev–Trinajstić information content (AvgIpc) is 2.49. The summed E-state index contributed by atoms with van der Waals surface area (Å²) in [5.74, 6) is -0.291. The molecule has 0 fully saturated rings. The molecular weight excluding hydrogens is 328 g/mol. The number of hydrogen-bond donors (Lipinski definition) is 2. The van der Waals surface area contributed by atoms with Crippen LogP contribution in [0.1, 0.15) is 11.1 Å². The van der Waals surface area contributed by atoms with Crippen molar-refractivity contribution >= 4 is 23.0 Å². The number of thiocarbonyl (C=S) groups is 1. The van der Waals surface area contributed by atoms with Gasteiger partial charge in [0.25, 0.3) is 0 Å². The Bertz CT molecular complexity index is 651. The largest absolute Gasteiger partial charge is 0.416 e. The first kappa shape index (κ1) is 17.2. The molecule has 2 aromatic rings. The van der Waals surface area contributed by atoms with Crippen molar-refractivity contribution in [3.8, 4) is 0 Å². The minimum Gasteiger partial charge on any atom is -0.362 e. The normalized spacial score (nSPS) is 11.1. The summed E-state index contributed by atoms with van der Waals surface area (Å²) in [5, 5.41) is 6.06. The number of hydrogen-bond acceptors (Lipinski definition) is 1. The molecular formula is C16H14F4N2S. The Balaban J connectivity index is 1.79. The number of nitrogens with one attached hydrogen (secondary N) is 2. The summed E-state index contributed by atoms with van der Waals surface area (Å²) >= 11 is 5.07. The van der Waals surface area contributed by atoms with E-state index in [1.54, 1.807) is 12.1 Å². The van der Waals surface area contributed by atoms with Gasteiger partial charge in [0.1, 0.15) is 5.82 Å². The maximum Gasteiger partial charge on any atom is 0.416 e. The summed E-state index contributed by atoms with van der Waals surface area (Å²) in [6, 6.07) is 10.7. The summed E-state index contributed by atoms with van der Waals surface area (Å²) in [5.41, 5.74) is 0.715. The summed E-state index contributed by atoms with van der Waals surface area (Å²) in [7, 11) is 0. The third-order valence-electron chi connectivity index (χ3n) is 3.08. The first-order valence-corrected chi connectivity index (χ1v) is 7.22. The van der Waals surface area contributed by atoms with Gasteiger partial charge < -0.3 is 10.6 Å². The summed E-state index contributed by atoms with van der Waals surface area (Å²) < 4.78 is 50.1. The van der Waals surface area contributed by atoms with Crippen molar-refractivity contribution in [1.82, 2.24) is 5.32 Å². The van der Waals surface area contributed by atoms with Gasteiger partial charge in [-0.05, 0) is 60.6 Å². The van der Waals surface area contributed by atoms with Gasteiger partial charge in [-0.1, -0.05) is 12.1 Å².